The molecule has 15 heavy (non-hydrogen) atoms. The predicted molar refractivity (Wildman–Crippen MR) is 61.6 cm³/mol. The topological polar surface area (TPSA) is 45.1 Å². The van der Waals surface area contributed by atoms with E-state index in [9.17, 15) is 0 Å². The maximum absolute atomic E-state index is 8.62. The van der Waals surface area contributed by atoms with Crippen LogP contribution in [0.15, 0.2) is 24.4 Å². The lowest BCUT2D eigenvalue weighted by atomic mass is 10.2. The van der Waals surface area contributed by atoms with Crippen LogP contribution in [-0.2, 0) is 0 Å². The maximum atomic E-state index is 8.62. The number of aliphatic hydroxyl groups is 1. The van der Waals surface area contributed by atoms with Gasteiger partial charge in [0.05, 0.1) is 5.69 Å². The minimum absolute atomic E-state index is 0.301. The number of rotatable bonds is 7. The smallest absolute Gasteiger partial charge is 0.0570 e. The molecule has 84 valence electrons. The largest absolute Gasteiger partial charge is 0.396 e. The molecular formula is C12H20N2O. The van der Waals surface area contributed by atoms with Crippen LogP contribution >= 0.6 is 0 Å². The van der Waals surface area contributed by atoms with Crippen molar-refractivity contribution in [3.63, 3.8) is 0 Å². The van der Waals surface area contributed by atoms with Crippen molar-refractivity contribution < 1.29 is 5.11 Å². The summed E-state index contributed by atoms with van der Waals surface area (Å²) >= 11 is 0. The highest BCUT2D eigenvalue weighted by molar-refractivity contribution is 5.07. The molecule has 1 heterocycles. The van der Waals surface area contributed by atoms with E-state index in [1.54, 1.807) is 0 Å². The molecule has 1 rings (SSSR count). The molecule has 1 aromatic rings. The third kappa shape index (κ3) is 4.91. The lowest BCUT2D eigenvalue weighted by Crippen LogP contribution is -2.20. The molecule has 1 atom stereocenters. The van der Waals surface area contributed by atoms with Gasteiger partial charge in [0.15, 0.2) is 0 Å². The van der Waals surface area contributed by atoms with Gasteiger partial charge < -0.3 is 10.4 Å². The zero-order valence-electron chi connectivity index (χ0n) is 9.32. The van der Waals surface area contributed by atoms with E-state index in [1.807, 2.05) is 24.4 Å². The summed E-state index contributed by atoms with van der Waals surface area (Å²) in [6.07, 6.45) is 4.91. The molecule has 0 radical (unpaired) electrons. The fourth-order valence-electron chi connectivity index (χ4n) is 1.47. The minimum Gasteiger partial charge on any atom is -0.396 e. The molecule has 2 N–H and O–H groups in total. The van der Waals surface area contributed by atoms with Gasteiger partial charge in [-0.2, -0.15) is 0 Å². The summed E-state index contributed by atoms with van der Waals surface area (Å²) < 4.78 is 0. The molecule has 0 saturated heterocycles. The Balaban J connectivity index is 2.16. The Bertz CT molecular complexity index is 251. The summed E-state index contributed by atoms with van der Waals surface area (Å²) in [5.41, 5.74) is 1.08. The number of nitrogens with zero attached hydrogens (tertiary/aromatic N) is 1. The summed E-state index contributed by atoms with van der Waals surface area (Å²) in [5, 5.41) is 12.0. The molecule has 1 aromatic heterocycles. The Morgan fingerprint density at radius 1 is 1.33 bits per heavy atom. The van der Waals surface area contributed by atoms with Gasteiger partial charge in [0.25, 0.3) is 0 Å². The Kier molecular flexibility index (Phi) is 5.97. The second-order valence-electron chi connectivity index (χ2n) is 3.71. The number of hydrogen-bond donors (Lipinski definition) is 2. The van der Waals surface area contributed by atoms with Gasteiger partial charge >= 0.3 is 0 Å². The second-order valence-corrected chi connectivity index (χ2v) is 3.71. The minimum atomic E-state index is 0.301. The SMILES string of the molecule is CC(NCCCCCO)c1ccccn1. The van der Waals surface area contributed by atoms with Crippen LogP contribution in [0.3, 0.4) is 0 Å². The number of unbranched alkanes of at least 4 members (excludes halogenated alkanes) is 2. The van der Waals surface area contributed by atoms with Gasteiger partial charge in [0.2, 0.25) is 0 Å². The highest BCUT2D eigenvalue weighted by atomic mass is 16.2. The van der Waals surface area contributed by atoms with Crippen molar-refractivity contribution in [1.82, 2.24) is 10.3 Å². The quantitative estimate of drug-likeness (QED) is 0.673. The standard InChI is InChI=1S/C12H20N2O/c1-11(12-7-3-5-9-14-12)13-8-4-2-6-10-15/h3,5,7,9,11,13,15H,2,4,6,8,10H2,1H3. The van der Waals surface area contributed by atoms with Crippen LogP contribution in [0.2, 0.25) is 0 Å². The molecule has 0 aliphatic carbocycles. The summed E-state index contributed by atoms with van der Waals surface area (Å²) in [5.74, 6) is 0. The molecule has 0 amide bonds. The molecule has 0 bridgehead atoms. The average molecular weight is 208 g/mol. The highest BCUT2D eigenvalue weighted by Gasteiger charge is 2.03. The lowest BCUT2D eigenvalue weighted by Gasteiger charge is -2.12. The van der Waals surface area contributed by atoms with E-state index < -0.39 is 0 Å². The lowest BCUT2D eigenvalue weighted by molar-refractivity contribution is 0.282. The van der Waals surface area contributed by atoms with E-state index >= 15 is 0 Å². The van der Waals surface area contributed by atoms with Gasteiger partial charge in [0, 0.05) is 18.8 Å². The molecule has 0 aromatic carbocycles. The zero-order chi connectivity index (χ0) is 10.9. The van der Waals surface area contributed by atoms with Crippen molar-refractivity contribution in [3.8, 4) is 0 Å². The monoisotopic (exact) mass is 208 g/mol. The highest BCUT2D eigenvalue weighted by Crippen LogP contribution is 2.07. The van der Waals surface area contributed by atoms with E-state index in [1.165, 1.54) is 0 Å². The molecule has 3 heteroatoms. The predicted octanol–water partition coefficient (Wildman–Crippen LogP) is 1.89. The molecule has 1 unspecified atom stereocenters. The molecule has 0 aliphatic heterocycles. The summed E-state index contributed by atoms with van der Waals surface area (Å²) in [7, 11) is 0. The normalized spacial score (nSPS) is 12.7. The van der Waals surface area contributed by atoms with Gasteiger partial charge in [-0.1, -0.05) is 6.07 Å². The second kappa shape index (κ2) is 7.37. The van der Waals surface area contributed by atoms with Crippen LogP contribution in [-0.4, -0.2) is 23.2 Å². The first-order chi connectivity index (χ1) is 7.34. The van der Waals surface area contributed by atoms with Crippen LogP contribution in [0.25, 0.3) is 0 Å². The average Bonchev–Trinajstić information content (AvgIpc) is 2.30. The first-order valence-electron chi connectivity index (χ1n) is 5.59. The van der Waals surface area contributed by atoms with Crippen LogP contribution in [0.4, 0.5) is 0 Å². The maximum Gasteiger partial charge on any atom is 0.0570 e. The van der Waals surface area contributed by atoms with Gasteiger partial charge in [-0.3, -0.25) is 4.98 Å². The molecule has 0 aliphatic rings. The first kappa shape index (κ1) is 12.1. The van der Waals surface area contributed by atoms with E-state index in [0.717, 1.165) is 31.5 Å². The van der Waals surface area contributed by atoms with E-state index in [0.29, 0.717) is 12.6 Å². The van der Waals surface area contributed by atoms with Crippen molar-refractivity contribution in [2.24, 2.45) is 0 Å². The van der Waals surface area contributed by atoms with E-state index in [2.05, 4.69) is 17.2 Å². The third-order valence-electron chi connectivity index (χ3n) is 2.42. The summed E-state index contributed by atoms with van der Waals surface area (Å²) in [4.78, 5) is 4.29. The van der Waals surface area contributed by atoms with Crippen molar-refractivity contribution in [3.05, 3.63) is 30.1 Å². The molecule has 3 nitrogen and oxygen atoms in total. The fraction of sp³-hybridized carbons (Fsp3) is 0.583. The van der Waals surface area contributed by atoms with Crippen molar-refractivity contribution >= 4 is 0 Å². The molecule has 0 saturated carbocycles. The summed E-state index contributed by atoms with van der Waals surface area (Å²) in [6.45, 7) is 3.40. The number of aliphatic hydroxyl groups excluding tert-OH is 1. The van der Waals surface area contributed by atoms with Gasteiger partial charge in [0.1, 0.15) is 0 Å². The molecule has 0 spiro atoms. The van der Waals surface area contributed by atoms with Crippen LogP contribution in [0.5, 0.6) is 0 Å². The Morgan fingerprint density at radius 3 is 2.87 bits per heavy atom. The van der Waals surface area contributed by atoms with Crippen LogP contribution in [0.1, 0.15) is 37.9 Å². The van der Waals surface area contributed by atoms with Gasteiger partial charge in [-0.25, -0.2) is 0 Å². The zero-order valence-corrected chi connectivity index (χ0v) is 9.32. The van der Waals surface area contributed by atoms with Gasteiger partial charge in [-0.05, 0) is 44.9 Å². The number of nitrogens with one attached hydrogen (secondary N) is 1. The Hall–Kier alpha value is -0.930. The number of aromatic nitrogens is 1. The van der Waals surface area contributed by atoms with E-state index in [-0.39, 0.29) is 0 Å². The van der Waals surface area contributed by atoms with Crippen molar-refractivity contribution in [2.75, 3.05) is 13.2 Å². The van der Waals surface area contributed by atoms with E-state index in [4.69, 9.17) is 5.11 Å². The Labute approximate surface area is 91.5 Å². The summed E-state index contributed by atoms with van der Waals surface area (Å²) in [6, 6.07) is 6.27. The van der Waals surface area contributed by atoms with Crippen molar-refractivity contribution in [2.45, 2.75) is 32.2 Å². The number of pyridine rings is 1. The first-order valence-corrected chi connectivity index (χ1v) is 5.59. The number of hydrogen-bond acceptors (Lipinski definition) is 3. The van der Waals surface area contributed by atoms with Crippen LogP contribution in [0, 0.1) is 0 Å². The third-order valence-corrected chi connectivity index (χ3v) is 2.42. The Morgan fingerprint density at radius 2 is 2.20 bits per heavy atom. The van der Waals surface area contributed by atoms with Gasteiger partial charge in [-0.15, -0.1) is 0 Å². The molecule has 0 fully saturated rings. The fourth-order valence-corrected chi connectivity index (χ4v) is 1.47. The van der Waals surface area contributed by atoms with Crippen molar-refractivity contribution in [1.29, 1.82) is 0 Å². The van der Waals surface area contributed by atoms with Crippen LogP contribution < -0.4 is 5.32 Å². The molecular weight excluding hydrogens is 188 g/mol.